The summed E-state index contributed by atoms with van der Waals surface area (Å²) in [5.74, 6) is -0.456. The van der Waals surface area contributed by atoms with Gasteiger partial charge in [-0.15, -0.1) is 0 Å². The van der Waals surface area contributed by atoms with Crippen LogP contribution in [0.15, 0.2) is 42.7 Å². The van der Waals surface area contributed by atoms with Gasteiger partial charge in [0.1, 0.15) is 5.82 Å². The van der Waals surface area contributed by atoms with Crippen molar-refractivity contribution in [1.82, 2.24) is 4.98 Å². The minimum Gasteiger partial charge on any atom is -0.352 e. The molecule has 0 aliphatic heterocycles. The van der Waals surface area contributed by atoms with Crippen LogP contribution in [0.4, 0.5) is 15.8 Å². The lowest BCUT2D eigenvalue weighted by atomic mass is 10.2. The van der Waals surface area contributed by atoms with Crippen LogP contribution in [0.1, 0.15) is 5.56 Å². The first kappa shape index (κ1) is 10.1. The maximum atomic E-state index is 13.5. The third kappa shape index (κ3) is 2.15. The first-order chi connectivity index (χ1) is 7.79. The summed E-state index contributed by atoms with van der Waals surface area (Å²) in [6.45, 7) is 0. The van der Waals surface area contributed by atoms with Crippen molar-refractivity contribution in [3.05, 3.63) is 54.1 Å². The van der Waals surface area contributed by atoms with Crippen LogP contribution in [0.25, 0.3) is 0 Å². The van der Waals surface area contributed by atoms with Gasteiger partial charge in [0.15, 0.2) is 0 Å². The van der Waals surface area contributed by atoms with Crippen molar-refractivity contribution in [1.29, 1.82) is 5.26 Å². The summed E-state index contributed by atoms with van der Waals surface area (Å²) in [5, 5.41) is 11.5. The van der Waals surface area contributed by atoms with E-state index >= 15 is 0 Å². The predicted octanol–water partition coefficient (Wildman–Crippen LogP) is 2.84. The molecule has 2 aromatic rings. The summed E-state index contributed by atoms with van der Waals surface area (Å²) >= 11 is 0. The second-order valence-electron chi connectivity index (χ2n) is 3.17. The Bertz CT molecular complexity index is 532. The van der Waals surface area contributed by atoms with Crippen LogP contribution in [0.3, 0.4) is 0 Å². The summed E-state index contributed by atoms with van der Waals surface area (Å²) in [5.41, 5.74) is 1.33. The van der Waals surface area contributed by atoms with Crippen LogP contribution in [0.5, 0.6) is 0 Å². The van der Waals surface area contributed by atoms with Crippen LogP contribution in [-0.2, 0) is 0 Å². The number of nitriles is 1. The van der Waals surface area contributed by atoms with E-state index in [1.807, 2.05) is 6.07 Å². The fourth-order valence-corrected chi connectivity index (χ4v) is 1.28. The molecule has 0 atom stereocenters. The second kappa shape index (κ2) is 4.41. The molecule has 78 valence electrons. The number of pyridine rings is 1. The fraction of sp³-hybridized carbons (Fsp3) is 0. The van der Waals surface area contributed by atoms with Crippen molar-refractivity contribution in [2.45, 2.75) is 0 Å². The molecule has 0 fully saturated rings. The molecule has 16 heavy (non-hydrogen) atoms. The van der Waals surface area contributed by atoms with Crippen molar-refractivity contribution in [3.63, 3.8) is 0 Å². The smallest absolute Gasteiger partial charge is 0.147 e. The SMILES string of the molecule is N#Cc1ccc(Nc2cccnc2)c(F)c1. The van der Waals surface area contributed by atoms with Crippen LogP contribution in [0, 0.1) is 17.1 Å². The molecule has 0 saturated heterocycles. The van der Waals surface area contributed by atoms with Crippen molar-refractivity contribution < 1.29 is 4.39 Å². The Hall–Kier alpha value is -2.41. The molecule has 0 unspecified atom stereocenters. The molecule has 2 rings (SSSR count). The molecule has 1 aromatic carbocycles. The Labute approximate surface area is 92.2 Å². The fourth-order valence-electron chi connectivity index (χ4n) is 1.28. The maximum Gasteiger partial charge on any atom is 0.147 e. The number of halogens is 1. The van der Waals surface area contributed by atoms with E-state index in [1.165, 1.54) is 12.1 Å². The lowest BCUT2D eigenvalue weighted by Gasteiger charge is -2.06. The highest BCUT2D eigenvalue weighted by atomic mass is 19.1. The zero-order valence-electron chi connectivity index (χ0n) is 8.31. The molecule has 3 nitrogen and oxygen atoms in total. The average Bonchev–Trinajstić information content (AvgIpc) is 2.33. The number of hydrogen-bond donors (Lipinski definition) is 1. The van der Waals surface area contributed by atoms with Crippen molar-refractivity contribution >= 4 is 11.4 Å². The topological polar surface area (TPSA) is 48.7 Å². The van der Waals surface area contributed by atoms with E-state index in [9.17, 15) is 4.39 Å². The average molecular weight is 213 g/mol. The lowest BCUT2D eigenvalue weighted by Crippen LogP contribution is -1.94. The number of anilines is 2. The van der Waals surface area contributed by atoms with Gasteiger partial charge in [0.05, 0.1) is 29.2 Å². The molecule has 0 amide bonds. The Morgan fingerprint density at radius 1 is 1.31 bits per heavy atom. The molecule has 1 aromatic heterocycles. The highest BCUT2D eigenvalue weighted by molar-refractivity contribution is 5.60. The van der Waals surface area contributed by atoms with E-state index in [0.717, 1.165) is 0 Å². The zero-order chi connectivity index (χ0) is 11.4. The second-order valence-corrected chi connectivity index (χ2v) is 3.17. The molecule has 0 aliphatic carbocycles. The minimum absolute atomic E-state index is 0.300. The normalized spacial score (nSPS) is 9.50. The molecule has 0 saturated carbocycles. The largest absolute Gasteiger partial charge is 0.352 e. The number of rotatable bonds is 2. The Kier molecular flexibility index (Phi) is 2.79. The van der Waals surface area contributed by atoms with Gasteiger partial charge in [-0.3, -0.25) is 4.98 Å². The minimum atomic E-state index is -0.456. The third-order valence-electron chi connectivity index (χ3n) is 2.04. The molecule has 1 N–H and O–H groups in total. The standard InChI is InChI=1S/C12H8FN3/c13-11-6-9(7-14)3-4-12(11)16-10-2-1-5-15-8-10/h1-6,8,16H. The third-order valence-corrected chi connectivity index (χ3v) is 2.04. The van der Waals surface area contributed by atoms with Gasteiger partial charge in [0.2, 0.25) is 0 Å². The van der Waals surface area contributed by atoms with E-state index in [-0.39, 0.29) is 0 Å². The van der Waals surface area contributed by atoms with Crippen molar-refractivity contribution in [2.75, 3.05) is 5.32 Å². The molecule has 0 bridgehead atoms. The van der Waals surface area contributed by atoms with E-state index in [1.54, 1.807) is 30.6 Å². The maximum absolute atomic E-state index is 13.5. The summed E-state index contributed by atoms with van der Waals surface area (Å²) in [6.07, 6.45) is 3.23. The van der Waals surface area contributed by atoms with Crippen molar-refractivity contribution in [2.24, 2.45) is 0 Å². The van der Waals surface area contributed by atoms with Gasteiger partial charge in [-0.25, -0.2) is 4.39 Å². The van der Waals surface area contributed by atoms with E-state index < -0.39 is 5.82 Å². The summed E-state index contributed by atoms with van der Waals surface area (Å²) in [4.78, 5) is 3.91. The number of aromatic nitrogens is 1. The van der Waals surface area contributed by atoms with Crippen LogP contribution >= 0.6 is 0 Å². The van der Waals surface area contributed by atoms with Gasteiger partial charge in [0, 0.05) is 6.20 Å². The first-order valence-electron chi connectivity index (χ1n) is 4.66. The molecule has 4 heteroatoms. The van der Waals surface area contributed by atoms with Crippen LogP contribution in [0.2, 0.25) is 0 Å². The monoisotopic (exact) mass is 213 g/mol. The number of benzene rings is 1. The van der Waals surface area contributed by atoms with Gasteiger partial charge in [-0.1, -0.05) is 0 Å². The van der Waals surface area contributed by atoms with E-state index in [4.69, 9.17) is 5.26 Å². The quantitative estimate of drug-likeness (QED) is 0.834. The van der Waals surface area contributed by atoms with Gasteiger partial charge in [-0.05, 0) is 30.3 Å². The summed E-state index contributed by atoms with van der Waals surface area (Å²) in [7, 11) is 0. The Balaban J connectivity index is 2.27. The number of nitrogens with zero attached hydrogens (tertiary/aromatic N) is 2. The molecular weight excluding hydrogens is 205 g/mol. The van der Waals surface area contributed by atoms with Gasteiger partial charge in [-0.2, -0.15) is 5.26 Å². The van der Waals surface area contributed by atoms with Crippen molar-refractivity contribution in [3.8, 4) is 6.07 Å². The highest BCUT2D eigenvalue weighted by Crippen LogP contribution is 2.19. The molecular formula is C12H8FN3. The molecule has 0 spiro atoms. The lowest BCUT2D eigenvalue weighted by molar-refractivity contribution is 0.631. The van der Waals surface area contributed by atoms with E-state index in [0.29, 0.717) is 16.9 Å². The number of nitrogens with one attached hydrogen (secondary N) is 1. The Morgan fingerprint density at radius 3 is 2.81 bits per heavy atom. The molecule has 1 heterocycles. The van der Waals surface area contributed by atoms with E-state index in [2.05, 4.69) is 10.3 Å². The summed E-state index contributed by atoms with van der Waals surface area (Å²) < 4.78 is 13.5. The Morgan fingerprint density at radius 2 is 2.19 bits per heavy atom. The van der Waals surface area contributed by atoms with Crippen LogP contribution < -0.4 is 5.32 Å². The van der Waals surface area contributed by atoms with Gasteiger partial charge in [0.25, 0.3) is 0 Å². The first-order valence-corrected chi connectivity index (χ1v) is 4.66. The highest BCUT2D eigenvalue weighted by Gasteiger charge is 2.03. The van der Waals surface area contributed by atoms with Crippen LogP contribution in [-0.4, -0.2) is 4.98 Å². The van der Waals surface area contributed by atoms with Gasteiger partial charge >= 0.3 is 0 Å². The number of hydrogen-bond acceptors (Lipinski definition) is 3. The molecule has 0 radical (unpaired) electrons. The van der Waals surface area contributed by atoms with Gasteiger partial charge < -0.3 is 5.32 Å². The molecule has 0 aliphatic rings. The summed E-state index contributed by atoms with van der Waals surface area (Å²) in [6, 6.07) is 9.69. The predicted molar refractivity (Wildman–Crippen MR) is 58.6 cm³/mol. The zero-order valence-corrected chi connectivity index (χ0v) is 8.31.